The summed E-state index contributed by atoms with van der Waals surface area (Å²) in [5, 5.41) is 7.63. The summed E-state index contributed by atoms with van der Waals surface area (Å²) in [5.41, 5.74) is 12.0. The first-order valence-corrected chi connectivity index (χ1v) is 13.8. The molecule has 0 saturated heterocycles. The maximum absolute atomic E-state index is 13.3. The molecule has 3 aromatic heterocycles. The molecule has 37 heavy (non-hydrogen) atoms. The van der Waals surface area contributed by atoms with Crippen molar-refractivity contribution >= 4 is 33.1 Å². The van der Waals surface area contributed by atoms with Crippen LogP contribution in [0.4, 0.5) is 5.69 Å². The fourth-order valence-electron chi connectivity index (χ4n) is 5.05. The van der Waals surface area contributed by atoms with Crippen molar-refractivity contribution in [2.45, 2.75) is 52.6 Å². The molecule has 0 radical (unpaired) electrons. The number of aromatic nitrogens is 2. The minimum absolute atomic E-state index is 0.112. The van der Waals surface area contributed by atoms with E-state index in [0.29, 0.717) is 23.9 Å². The van der Waals surface area contributed by atoms with Gasteiger partial charge in [-0.3, -0.25) is 9.78 Å². The third-order valence-electron chi connectivity index (χ3n) is 7.40. The highest BCUT2D eigenvalue weighted by atomic mass is 32.1. The lowest BCUT2D eigenvalue weighted by molar-refractivity contribution is 0.0942. The fourth-order valence-corrected chi connectivity index (χ4v) is 5.99. The third-order valence-corrected chi connectivity index (χ3v) is 8.44. The zero-order valence-corrected chi connectivity index (χ0v) is 22.6. The van der Waals surface area contributed by atoms with Crippen molar-refractivity contribution in [3.8, 4) is 0 Å². The van der Waals surface area contributed by atoms with Gasteiger partial charge < -0.3 is 16.4 Å². The molecule has 2 unspecified atom stereocenters. The van der Waals surface area contributed by atoms with E-state index in [1.54, 1.807) is 12.4 Å². The van der Waals surface area contributed by atoms with Gasteiger partial charge in [-0.25, -0.2) is 4.98 Å². The SMILES string of the molecule is CC(C)(C)C1CCc2nc3sc(C(=O)NC(CN)c4cccc(NCc5ccncc5)c4)cc3cc2C1. The lowest BCUT2D eigenvalue weighted by Gasteiger charge is -2.34. The molecule has 5 rings (SSSR count). The van der Waals surface area contributed by atoms with Crippen LogP contribution >= 0.6 is 11.3 Å². The first-order valence-electron chi connectivity index (χ1n) is 13.0. The van der Waals surface area contributed by atoms with Crippen LogP contribution in [0.15, 0.2) is 60.9 Å². The summed E-state index contributed by atoms with van der Waals surface area (Å²) >= 11 is 1.46. The number of benzene rings is 1. The topological polar surface area (TPSA) is 92.9 Å². The molecule has 192 valence electrons. The minimum Gasteiger partial charge on any atom is -0.381 e. The van der Waals surface area contributed by atoms with E-state index in [-0.39, 0.29) is 17.4 Å². The van der Waals surface area contributed by atoms with E-state index in [1.807, 2.05) is 42.5 Å². The van der Waals surface area contributed by atoms with Gasteiger partial charge in [0.25, 0.3) is 5.91 Å². The quantitative estimate of drug-likeness (QED) is 0.287. The maximum Gasteiger partial charge on any atom is 0.261 e. The maximum atomic E-state index is 13.3. The molecule has 1 aromatic carbocycles. The Morgan fingerprint density at radius 3 is 2.73 bits per heavy atom. The van der Waals surface area contributed by atoms with Gasteiger partial charge in [0.1, 0.15) is 4.83 Å². The van der Waals surface area contributed by atoms with Gasteiger partial charge in [-0.2, -0.15) is 0 Å². The van der Waals surface area contributed by atoms with E-state index in [2.05, 4.69) is 42.5 Å². The zero-order valence-electron chi connectivity index (χ0n) is 21.8. The summed E-state index contributed by atoms with van der Waals surface area (Å²) in [6, 6.07) is 16.0. The average Bonchev–Trinajstić information content (AvgIpc) is 3.32. The largest absolute Gasteiger partial charge is 0.381 e. The number of nitrogens with zero attached hydrogens (tertiary/aromatic N) is 2. The Labute approximate surface area is 222 Å². The van der Waals surface area contributed by atoms with E-state index in [0.717, 1.165) is 39.9 Å². The van der Waals surface area contributed by atoms with Crippen LogP contribution in [0.1, 0.15) is 65.3 Å². The molecular formula is C30H35N5OS. The predicted molar refractivity (Wildman–Crippen MR) is 152 cm³/mol. The van der Waals surface area contributed by atoms with Crippen molar-refractivity contribution in [3.63, 3.8) is 0 Å². The molecular weight excluding hydrogens is 478 g/mol. The summed E-state index contributed by atoms with van der Waals surface area (Å²) in [7, 11) is 0. The number of amides is 1. The first kappa shape index (κ1) is 25.4. The van der Waals surface area contributed by atoms with Crippen molar-refractivity contribution in [2.75, 3.05) is 11.9 Å². The van der Waals surface area contributed by atoms with Crippen LogP contribution in [0.5, 0.6) is 0 Å². The van der Waals surface area contributed by atoms with Gasteiger partial charge in [-0.15, -0.1) is 11.3 Å². The summed E-state index contributed by atoms with van der Waals surface area (Å²) in [4.78, 5) is 23.9. The molecule has 7 heteroatoms. The molecule has 0 fully saturated rings. The van der Waals surface area contributed by atoms with E-state index in [4.69, 9.17) is 10.7 Å². The van der Waals surface area contributed by atoms with E-state index in [9.17, 15) is 4.79 Å². The molecule has 0 bridgehead atoms. The van der Waals surface area contributed by atoms with Gasteiger partial charge in [0.15, 0.2) is 0 Å². The monoisotopic (exact) mass is 513 g/mol. The molecule has 3 heterocycles. The van der Waals surface area contributed by atoms with Crippen LogP contribution in [-0.4, -0.2) is 22.4 Å². The third kappa shape index (κ3) is 5.84. The lowest BCUT2D eigenvalue weighted by Crippen LogP contribution is -2.33. The van der Waals surface area contributed by atoms with E-state index < -0.39 is 0 Å². The number of carbonyl (C=O) groups is 1. The Morgan fingerprint density at radius 1 is 1.16 bits per heavy atom. The minimum atomic E-state index is -0.283. The molecule has 1 aliphatic rings. The van der Waals surface area contributed by atoms with Crippen molar-refractivity contribution in [2.24, 2.45) is 17.1 Å². The van der Waals surface area contributed by atoms with Crippen LogP contribution < -0.4 is 16.4 Å². The van der Waals surface area contributed by atoms with E-state index in [1.165, 1.54) is 29.0 Å². The Balaban J connectivity index is 1.29. The number of anilines is 1. The lowest BCUT2D eigenvalue weighted by atomic mass is 9.71. The Morgan fingerprint density at radius 2 is 1.97 bits per heavy atom. The van der Waals surface area contributed by atoms with Crippen LogP contribution in [0.25, 0.3) is 10.2 Å². The van der Waals surface area contributed by atoms with Gasteiger partial charge in [0.2, 0.25) is 0 Å². The number of thiophene rings is 1. The smallest absolute Gasteiger partial charge is 0.261 e. The standard InChI is InChI=1S/C30H35N5OS/c1-30(2,3)23-7-8-25-21(14-23)13-22-16-27(37-29(22)35-25)28(36)34-26(17-31)20-5-4-6-24(15-20)33-18-19-9-11-32-12-10-19/h4-6,9-13,15-16,23,26,33H,7-8,14,17-18,31H2,1-3H3,(H,34,36). The van der Waals surface area contributed by atoms with Crippen LogP contribution in [-0.2, 0) is 19.4 Å². The Kier molecular flexibility index (Phi) is 7.26. The van der Waals surface area contributed by atoms with E-state index >= 15 is 0 Å². The molecule has 6 nitrogen and oxygen atoms in total. The molecule has 2 atom stereocenters. The number of aryl methyl sites for hydroxylation is 1. The number of pyridine rings is 2. The van der Waals surface area contributed by atoms with Crippen LogP contribution in [0.2, 0.25) is 0 Å². The number of fused-ring (bicyclic) bond motifs is 2. The molecule has 0 spiro atoms. The molecule has 0 saturated carbocycles. The number of nitrogens with two attached hydrogens (primary N) is 1. The van der Waals surface area contributed by atoms with Gasteiger partial charge in [-0.05, 0) is 83.7 Å². The number of hydrogen-bond acceptors (Lipinski definition) is 6. The van der Waals surface area contributed by atoms with Gasteiger partial charge in [0.05, 0.1) is 10.9 Å². The summed E-state index contributed by atoms with van der Waals surface area (Å²) in [6.07, 6.45) is 6.80. The summed E-state index contributed by atoms with van der Waals surface area (Å²) < 4.78 is 0. The summed E-state index contributed by atoms with van der Waals surface area (Å²) in [5.74, 6) is 0.542. The molecule has 1 amide bonds. The van der Waals surface area contributed by atoms with Gasteiger partial charge >= 0.3 is 0 Å². The molecule has 4 N–H and O–H groups in total. The number of hydrogen-bond donors (Lipinski definition) is 3. The average molecular weight is 514 g/mol. The number of carbonyl (C=O) groups excluding carboxylic acids is 1. The van der Waals surface area contributed by atoms with Gasteiger partial charge in [0, 0.05) is 42.3 Å². The molecule has 4 aromatic rings. The number of rotatable bonds is 7. The second-order valence-electron chi connectivity index (χ2n) is 11.0. The Bertz CT molecular complexity index is 1390. The zero-order chi connectivity index (χ0) is 26.0. The van der Waals surface area contributed by atoms with Crippen molar-refractivity contribution in [3.05, 3.63) is 88.2 Å². The van der Waals surface area contributed by atoms with Crippen molar-refractivity contribution in [1.29, 1.82) is 0 Å². The van der Waals surface area contributed by atoms with Crippen molar-refractivity contribution < 1.29 is 4.79 Å². The predicted octanol–water partition coefficient (Wildman–Crippen LogP) is 5.88. The normalized spacial score (nSPS) is 16.3. The number of nitrogens with one attached hydrogen (secondary N) is 2. The molecule has 0 aliphatic heterocycles. The van der Waals surface area contributed by atoms with Crippen LogP contribution in [0, 0.1) is 11.3 Å². The first-order chi connectivity index (χ1) is 17.8. The second-order valence-corrected chi connectivity index (χ2v) is 12.0. The molecule has 1 aliphatic carbocycles. The Hall–Kier alpha value is -3.29. The fraction of sp³-hybridized carbons (Fsp3) is 0.367. The summed E-state index contributed by atoms with van der Waals surface area (Å²) in [6.45, 7) is 7.97. The highest BCUT2D eigenvalue weighted by molar-refractivity contribution is 7.20. The second kappa shape index (κ2) is 10.6. The van der Waals surface area contributed by atoms with Gasteiger partial charge in [-0.1, -0.05) is 32.9 Å². The highest BCUT2D eigenvalue weighted by Crippen LogP contribution is 2.38. The van der Waals surface area contributed by atoms with Crippen LogP contribution in [0.3, 0.4) is 0 Å². The highest BCUT2D eigenvalue weighted by Gasteiger charge is 2.30. The van der Waals surface area contributed by atoms with Crippen molar-refractivity contribution in [1.82, 2.24) is 15.3 Å².